The lowest BCUT2D eigenvalue weighted by atomic mass is 10.0. The lowest BCUT2D eigenvalue weighted by Crippen LogP contribution is -2.19. The maximum Gasteiger partial charge on any atom is 0.316 e. The number of amides is 4. The third kappa shape index (κ3) is 9.03. The van der Waals surface area contributed by atoms with Gasteiger partial charge in [-0.25, -0.2) is 9.59 Å². The Labute approximate surface area is 309 Å². The van der Waals surface area contributed by atoms with Gasteiger partial charge in [-0.3, -0.25) is 0 Å². The van der Waals surface area contributed by atoms with Gasteiger partial charge in [-0.2, -0.15) is 25.2 Å². The van der Waals surface area contributed by atoms with Crippen LogP contribution in [0.3, 0.4) is 0 Å². The van der Waals surface area contributed by atoms with E-state index in [1.807, 2.05) is 70.2 Å². The molecule has 0 fully saturated rings. The molecule has 5 aromatic carbocycles. The number of urea groups is 2. The first-order valence-electron chi connectivity index (χ1n) is 16.2. The number of hydrogen-bond donors (Lipinski definition) is 6. The molecule has 0 saturated heterocycles. The molecule has 16 heteroatoms. The van der Waals surface area contributed by atoms with Crippen LogP contribution in [0.2, 0.25) is 5.28 Å². The highest BCUT2D eigenvalue weighted by Crippen LogP contribution is 2.34. The number of carbonyl (C=O) groups excluding carboxylic acids is 2. The number of primary amides is 2. The maximum atomic E-state index is 11.9. The molecule has 6 aromatic rings. The Kier molecular flexibility index (Phi) is 10.5. The summed E-state index contributed by atoms with van der Waals surface area (Å²) in [6.45, 7) is 8.00. The van der Waals surface area contributed by atoms with Gasteiger partial charge in [0.1, 0.15) is 11.4 Å². The minimum Gasteiger partial charge on any atom is -0.351 e. The summed E-state index contributed by atoms with van der Waals surface area (Å²) in [5.41, 5.74) is 18.8. The average Bonchev–Trinajstić information content (AvgIpc) is 3.08. The monoisotopic (exact) mass is 727 g/mol. The Morgan fingerprint density at radius 1 is 0.585 bits per heavy atom. The van der Waals surface area contributed by atoms with Crippen molar-refractivity contribution in [2.24, 2.45) is 31.9 Å². The van der Waals surface area contributed by atoms with Gasteiger partial charge in [0.15, 0.2) is 0 Å². The van der Waals surface area contributed by atoms with Crippen molar-refractivity contribution in [1.82, 2.24) is 15.0 Å². The molecule has 0 aliphatic carbocycles. The molecular weight excluding hydrogens is 694 g/mol. The second-order valence-electron chi connectivity index (χ2n) is 12.1. The van der Waals surface area contributed by atoms with E-state index in [-0.39, 0.29) is 17.2 Å². The van der Waals surface area contributed by atoms with Crippen LogP contribution in [0.15, 0.2) is 105 Å². The third-order valence-electron chi connectivity index (χ3n) is 7.93. The number of benzene rings is 5. The van der Waals surface area contributed by atoms with Crippen LogP contribution in [-0.2, 0) is 0 Å². The van der Waals surface area contributed by atoms with Crippen LogP contribution >= 0.6 is 11.6 Å². The average molecular weight is 728 g/mol. The van der Waals surface area contributed by atoms with Crippen molar-refractivity contribution in [2.75, 3.05) is 21.3 Å². The Morgan fingerprint density at radius 2 is 1.15 bits per heavy atom. The Balaban J connectivity index is 1.23. The third-order valence-corrected chi connectivity index (χ3v) is 8.09. The van der Waals surface area contributed by atoms with Crippen molar-refractivity contribution in [1.29, 1.82) is 0 Å². The topological polar surface area (TPSA) is 222 Å². The van der Waals surface area contributed by atoms with E-state index >= 15 is 0 Å². The van der Waals surface area contributed by atoms with Crippen LogP contribution in [0, 0.1) is 27.7 Å². The summed E-state index contributed by atoms with van der Waals surface area (Å²) < 4.78 is 0. The number of carbonyl (C=O) groups is 2. The number of aryl methyl sites for hydroxylation is 4. The zero-order valence-corrected chi connectivity index (χ0v) is 29.8. The van der Waals surface area contributed by atoms with Gasteiger partial charge < -0.3 is 32.7 Å². The second-order valence-corrected chi connectivity index (χ2v) is 12.4. The summed E-state index contributed by atoms with van der Waals surface area (Å²) in [5.74, 6) is 0.173. The maximum absolute atomic E-state index is 11.9. The fourth-order valence-corrected chi connectivity index (χ4v) is 5.65. The van der Waals surface area contributed by atoms with Crippen LogP contribution in [0.1, 0.15) is 22.3 Å². The van der Waals surface area contributed by atoms with Gasteiger partial charge in [0.2, 0.25) is 17.2 Å². The molecule has 0 spiro atoms. The summed E-state index contributed by atoms with van der Waals surface area (Å²) in [6, 6.07) is 24.2. The molecule has 53 heavy (non-hydrogen) atoms. The van der Waals surface area contributed by atoms with Gasteiger partial charge in [0.05, 0.1) is 22.7 Å². The molecule has 15 nitrogen and oxygen atoms in total. The van der Waals surface area contributed by atoms with Crippen molar-refractivity contribution in [3.05, 3.63) is 112 Å². The number of nitrogens with one attached hydrogen (secondary N) is 4. The first-order valence-corrected chi connectivity index (χ1v) is 16.6. The number of anilines is 6. The standard InChI is InChI=1S/C37H34ClN13O2/c1-19-8-11-28(22(4)14-19)49-51-30-13-10-24(18-32(30)44-35(40)53)42-37-46-33(38)45-36(47-37)41-23-9-12-29(31(17-23)43-34(39)52)50-48-25-15-21(3)26-7-5-6-20(2)27(26)16-25/h5-18H,1-4H3,(H3,39,43,52)(H3,40,44,53)(H2,41,42,45,46,47)/b50-48?,51-49+. The molecule has 0 saturated carbocycles. The number of rotatable bonds is 10. The van der Waals surface area contributed by atoms with E-state index in [9.17, 15) is 9.59 Å². The van der Waals surface area contributed by atoms with Gasteiger partial charge in [-0.1, -0.05) is 35.9 Å². The Bertz CT molecular complexity index is 2450. The smallest absolute Gasteiger partial charge is 0.316 e. The molecule has 0 radical (unpaired) electrons. The summed E-state index contributed by atoms with van der Waals surface area (Å²) in [5, 5.41) is 30.9. The molecule has 4 amide bonds. The van der Waals surface area contributed by atoms with Crippen LogP contribution in [0.25, 0.3) is 10.8 Å². The van der Waals surface area contributed by atoms with Crippen molar-refractivity contribution >= 4 is 91.8 Å². The summed E-state index contributed by atoms with van der Waals surface area (Å²) in [7, 11) is 0. The van der Waals surface area contributed by atoms with Crippen molar-refractivity contribution in [3.8, 4) is 0 Å². The van der Waals surface area contributed by atoms with Gasteiger partial charge in [0, 0.05) is 11.4 Å². The number of hydrogen-bond acceptors (Lipinski definition) is 11. The van der Waals surface area contributed by atoms with E-state index in [0.29, 0.717) is 45.5 Å². The van der Waals surface area contributed by atoms with Crippen LogP contribution in [0.5, 0.6) is 0 Å². The highest BCUT2D eigenvalue weighted by atomic mass is 35.5. The number of halogens is 1. The van der Waals surface area contributed by atoms with Crippen LogP contribution < -0.4 is 32.7 Å². The molecule has 1 heterocycles. The Hall–Kier alpha value is -7.00. The van der Waals surface area contributed by atoms with Crippen LogP contribution in [-0.4, -0.2) is 27.0 Å². The van der Waals surface area contributed by atoms with E-state index in [0.717, 1.165) is 33.0 Å². The Morgan fingerprint density at radius 3 is 1.74 bits per heavy atom. The SMILES string of the molecule is Cc1ccc(/N=N/c2ccc(Nc3nc(Cl)nc(Nc4ccc(N=Nc5cc(C)c6cccc(C)c6c5)c(NC(N)=O)c4)n3)cc2NC(N)=O)c(C)c1. The van der Waals surface area contributed by atoms with E-state index in [1.165, 1.54) is 0 Å². The predicted molar refractivity (Wildman–Crippen MR) is 208 cm³/mol. The number of nitrogens with two attached hydrogens (primary N) is 2. The highest BCUT2D eigenvalue weighted by Gasteiger charge is 2.12. The van der Waals surface area contributed by atoms with E-state index in [4.69, 9.17) is 23.1 Å². The molecule has 266 valence electrons. The van der Waals surface area contributed by atoms with E-state index in [1.54, 1.807) is 36.4 Å². The predicted octanol–water partition coefficient (Wildman–Crippen LogP) is 10.2. The van der Waals surface area contributed by atoms with E-state index < -0.39 is 12.1 Å². The molecule has 6 rings (SSSR count). The summed E-state index contributed by atoms with van der Waals surface area (Å²) in [4.78, 5) is 36.5. The molecule has 0 bridgehead atoms. The van der Waals surface area contributed by atoms with Gasteiger partial charge in [-0.05, 0) is 121 Å². The minimum absolute atomic E-state index is 0.0864. The number of nitrogens with zero attached hydrogens (tertiary/aromatic N) is 7. The number of azo groups is 2. The zero-order chi connectivity index (χ0) is 37.6. The summed E-state index contributed by atoms with van der Waals surface area (Å²) in [6.07, 6.45) is 0. The zero-order valence-electron chi connectivity index (χ0n) is 29.1. The molecule has 0 unspecified atom stereocenters. The quantitative estimate of drug-likeness (QED) is 0.0748. The first kappa shape index (κ1) is 35.8. The van der Waals surface area contributed by atoms with Gasteiger partial charge >= 0.3 is 12.1 Å². The highest BCUT2D eigenvalue weighted by molar-refractivity contribution is 6.28. The first-order chi connectivity index (χ1) is 25.4. The molecular formula is C37H34ClN13O2. The fraction of sp³-hybridized carbons (Fsp3) is 0.108. The van der Waals surface area contributed by atoms with E-state index in [2.05, 4.69) is 62.7 Å². The molecule has 8 N–H and O–H groups in total. The summed E-state index contributed by atoms with van der Waals surface area (Å²) >= 11 is 6.27. The lowest BCUT2D eigenvalue weighted by molar-refractivity contribution is 0.258. The lowest BCUT2D eigenvalue weighted by Gasteiger charge is -2.12. The van der Waals surface area contributed by atoms with Crippen molar-refractivity contribution in [3.63, 3.8) is 0 Å². The van der Waals surface area contributed by atoms with Gasteiger partial charge in [-0.15, -0.1) is 10.2 Å². The fourth-order valence-electron chi connectivity index (χ4n) is 5.49. The van der Waals surface area contributed by atoms with Crippen molar-refractivity contribution in [2.45, 2.75) is 27.7 Å². The second kappa shape index (κ2) is 15.5. The van der Waals surface area contributed by atoms with Gasteiger partial charge in [0.25, 0.3) is 0 Å². The number of fused-ring (bicyclic) bond motifs is 1. The largest absolute Gasteiger partial charge is 0.351 e. The number of aromatic nitrogens is 3. The van der Waals surface area contributed by atoms with Crippen molar-refractivity contribution < 1.29 is 9.59 Å². The molecule has 0 atom stereocenters. The van der Waals surface area contributed by atoms with Crippen LogP contribution in [0.4, 0.5) is 67.0 Å². The normalized spacial score (nSPS) is 11.3. The molecule has 1 aromatic heterocycles. The molecule has 0 aliphatic heterocycles. The minimum atomic E-state index is -0.784. The molecule has 0 aliphatic rings.